The minimum absolute atomic E-state index is 0.106. The molecule has 25 heavy (non-hydrogen) atoms. The predicted molar refractivity (Wildman–Crippen MR) is 79.9 cm³/mol. The number of hydrogen-bond donors (Lipinski definition) is 0. The molecule has 0 amide bonds. The molecule has 0 N–H and O–H groups in total. The Morgan fingerprint density at radius 3 is 2.72 bits per heavy atom. The second-order valence-corrected chi connectivity index (χ2v) is 5.41. The maximum absolute atomic E-state index is 12.5. The first kappa shape index (κ1) is 17.1. The van der Waals surface area contributed by atoms with Gasteiger partial charge in [0.25, 0.3) is 5.56 Å². The molecule has 11 heteroatoms. The van der Waals surface area contributed by atoms with Crippen LogP contribution in [0.5, 0.6) is 0 Å². The maximum Gasteiger partial charge on any atom is 0.471 e. The number of aromatic nitrogens is 5. The molecule has 7 nitrogen and oxygen atoms in total. The van der Waals surface area contributed by atoms with Crippen LogP contribution in [0.2, 0.25) is 5.15 Å². The summed E-state index contributed by atoms with van der Waals surface area (Å²) in [6.07, 6.45) is -1.97. The van der Waals surface area contributed by atoms with Crippen molar-refractivity contribution in [2.24, 2.45) is 0 Å². The summed E-state index contributed by atoms with van der Waals surface area (Å²) in [5.74, 6) is -1.80. The molecule has 0 saturated heterocycles. The van der Waals surface area contributed by atoms with Crippen LogP contribution in [0.15, 0.2) is 33.8 Å². The molecule has 0 aliphatic carbocycles. The largest absolute Gasteiger partial charge is 0.471 e. The van der Waals surface area contributed by atoms with E-state index in [1.807, 2.05) is 0 Å². The molecule has 0 aliphatic heterocycles. The number of hydrogen-bond acceptors (Lipinski definition) is 6. The standard InChI is InChI=1S/C14H9ClF3N5O2/c1-7-9(20-10(15)5-19-7)6-23-3-2-8(4-11(23)24)12-21-13(25-22-12)14(16,17)18/h2-5H,6H2,1H3. The molecule has 0 bridgehead atoms. The summed E-state index contributed by atoms with van der Waals surface area (Å²) in [6, 6.07) is 2.51. The van der Waals surface area contributed by atoms with Gasteiger partial charge in [-0.1, -0.05) is 16.8 Å². The van der Waals surface area contributed by atoms with Gasteiger partial charge < -0.3 is 9.09 Å². The minimum atomic E-state index is -4.75. The van der Waals surface area contributed by atoms with E-state index < -0.39 is 17.6 Å². The first-order valence-corrected chi connectivity index (χ1v) is 7.21. The zero-order valence-corrected chi connectivity index (χ0v) is 13.3. The molecule has 0 spiro atoms. The highest BCUT2D eigenvalue weighted by atomic mass is 35.5. The monoisotopic (exact) mass is 371 g/mol. The number of aryl methyl sites for hydroxylation is 1. The third-order valence-corrected chi connectivity index (χ3v) is 3.45. The molecule has 0 atom stereocenters. The zero-order valence-electron chi connectivity index (χ0n) is 12.6. The normalized spacial score (nSPS) is 11.7. The molecule has 0 saturated carbocycles. The van der Waals surface area contributed by atoms with Crippen molar-refractivity contribution in [1.82, 2.24) is 24.7 Å². The maximum atomic E-state index is 12.5. The minimum Gasteiger partial charge on any atom is -0.329 e. The Hall–Kier alpha value is -2.75. The highest BCUT2D eigenvalue weighted by molar-refractivity contribution is 6.29. The average Bonchev–Trinajstić information content (AvgIpc) is 3.03. The van der Waals surface area contributed by atoms with E-state index in [1.54, 1.807) is 6.92 Å². The summed E-state index contributed by atoms with van der Waals surface area (Å²) < 4.78 is 42.9. The van der Waals surface area contributed by atoms with Crippen molar-refractivity contribution in [1.29, 1.82) is 0 Å². The molecule has 0 unspecified atom stereocenters. The van der Waals surface area contributed by atoms with Gasteiger partial charge in [-0.25, -0.2) is 4.98 Å². The molecule has 3 heterocycles. The fraction of sp³-hybridized carbons (Fsp3) is 0.214. The summed E-state index contributed by atoms with van der Waals surface area (Å²) >= 11 is 5.79. The van der Waals surface area contributed by atoms with Crippen molar-refractivity contribution in [2.75, 3.05) is 0 Å². The lowest BCUT2D eigenvalue weighted by atomic mass is 10.2. The average molecular weight is 372 g/mol. The van der Waals surface area contributed by atoms with E-state index in [2.05, 4.69) is 24.6 Å². The highest BCUT2D eigenvalue weighted by Crippen LogP contribution is 2.29. The second kappa shape index (κ2) is 6.28. The topological polar surface area (TPSA) is 86.7 Å². The third-order valence-electron chi connectivity index (χ3n) is 3.27. The molecular formula is C14H9ClF3N5O2. The van der Waals surface area contributed by atoms with Crippen LogP contribution < -0.4 is 5.56 Å². The quantitative estimate of drug-likeness (QED) is 0.703. The van der Waals surface area contributed by atoms with Crippen LogP contribution in [0.1, 0.15) is 17.3 Å². The number of pyridine rings is 1. The summed E-state index contributed by atoms with van der Waals surface area (Å²) in [5.41, 5.74) is 0.737. The van der Waals surface area contributed by atoms with Gasteiger partial charge in [0.1, 0.15) is 5.15 Å². The van der Waals surface area contributed by atoms with Crippen LogP contribution in [0.25, 0.3) is 11.4 Å². The summed E-state index contributed by atoms with van der Waals surface area (Å²) in [6.45, 7) is 1.83. The Morgan fingerprint density at radius 1 is 1.32 bits per heavy atom. The van der Waals surface area contributed by atoms with E-state index in [0.29, 0.717) is 11.4 Å². The van der Waals surface area contributed by atoms with Crippen LogP contribution in [-0.2, 0) is 12.7 Å². The van der Waals surface area contributed by atoms with Gasteiger partial charge in [-0.15, -0.1) is 0 Å². The van der Waals surface area contributed by atoms with Crippen molar-refractivity contribution < 1.29 is 17.7 Å². The lowest BCUT2D eigenvalue weighted by Crippen LogP contribution is -2.20. The van der Waals surface area contributed by atoms with Crippen LogP contribution in [0.4, 0.5) is 13.2 Å². The van der Waals surface area contributed by atoms with Gasteiger partial charge in [-0.2, -0.15) is 18.2 Å². The fourth-order valence-corrected chi connectivity index (χ4v) is 2.16. The van der Waals surface area contributed by atoms with E-state index in [9.17, 15) is 18.0 Å². The Kier molecular flexibility index (Phi) is 4.29. The van der Waals surface area contributed by atoms with Crippen LogP contribution in [-0.4, -0.2) is 24.7 Å². The molecule has 3 aromatic rings. The van der Waals surface area contributed by atoms with E-state index in [4.69, 9.17) is 11.6 Å². The van der Waals surface area contributed by atoms with Crippen LogP contribution >= 0.6 is 11.6 Å². The molecule has 3 rings (SSSR count). The molecular weight excluding hydrogens is 363 g/mol. The molecule has 0 aromatic carbocycles. The fourth-order valence-electron chi connectivity index (χ4n) is 2.01. The molecule has 0 aliphatic rings. The highest BCUT2D eigenvalue weighted by Gasteiger charge is 2.38. The van der Waals surface area contributed by atoms with Crippen LogP contribution in [0, 0.1) is 6.92 Å². The van der Waals surface area contributed by atoms with Gasteiger partial charge in [0.15, 0.2) is 0 Å². The van der Waals surface area contributed by atoms with E-state index in [1.165, 1.54) is 23.0 Å². The third kappa shape index (κ3) is 3.68. The van der Waals surface area contributed by atoms with Gasteiger partial charge in [0, 0.05) is 17.8 Å². The van der Waals surface area contributed by atoms with Gasteiger partial charge in [0.05, 0.1) is 24.1 Å². The Balaban J connectivity index is 1.90. The Labute approximate surface area is 143 Å². The second-order valence-electron chi connectivity index (χ2n) is 5.03. The first-order valence-electron chi connectivity index (χ1n) is 6.84. The lowest BCUT2D eigenvalue weighted by Gasteiger charge is -2.07. The molecule has 0 radical (unpaired) electrons. The van der Waals surface area contributed by atoms with Gasteiger partial charge in [0.2, 0.25) is 5.82 Å². The van der Waals surface area contributed by atoms with Crippen molar-refractivity contribution in [3.63, 3.8) is 0 Å². The van der Waals surface area contributed by atoms with Crippen molar-refractivity contribution in [2.45, 2.75) is 19.6 Å². The van der Waals surface area contributed by atoms with Crippen molar-refractivity contribution >= 4 is 11.6 Å². The molecule has 3 aromatic heterocycles. The number of nitrogens with zero attached hydrogens (tertiary/aromatic N) is 5. The summed E-state index contributed by atoms with van der Waals surface area (Å²) in [5, 5.41) is 3.43. The lowest BCUT2D eigenvalue weighted by molar-refractivity contribution is -0.159. The van der Waals surface area contributed by atoms with Crippen molar-refractivity contribution in [3.8, 4) is 11.4 Å². The smallest absolute Gasteiger partial charge is 0.329 e. The SMILES string of the molecule is Cc1ncc(Cl)nc1Cn1ccc(-c2noc(C(F)(F)F)n2)cc1=O. The summed E-state index contributed by atoms with van der Waals surface area (Å²) in [7, 11) is 0. The van der Waals surface area contributed by atoms with E-state index >= 15 is 0 Å². The molecule has 0 fully saturated rings. The first-order chi connectivity index (χ1) is 11.7. The number of rotatable bonds is 3. The van der Waals surface area contributed by atoms with Crippen molar-refractivity contribution in [3.05, 3.63) is 57.3 Å². The van der Waals surface area contributed by atoms with Gasteiger partial charge in [-0.3, -0.25) is 9.78 Å². The predicted octanol–water partition coefficient (Wildman–Crippen LogP) is 2.72. The Bertz CT molecular complexity index is 983. The number of alkyl halides is 3. The summed E-state index contributed by atoms with van der Waals surface area (Å²) in [4.78, 5) is 23.6. The van der Waals surface area contributed by atoms with Crippen LogP contribution in [0.3, 0.4) is 0 Å². The number of halogens is 4. The zero-order chi connectivity index (χ0) is 18.2. The van der Waals surface area contributed by atoms with E-state index in [0.717, 1.165) is 6.07 Å². The van der Waals surface area contributed by atoms with Gasteiger partial charge in [-0.05, 0) is 13.0 Å². The van der Waals surface area contributed by atoms with Gasteiger partial charge >= 0.3 is 12.1 Å². The molecule has 130 valence electrons. The Morgan fingerprint density at radius 2 is 2.08 bits per heavy atom. The van der Waals surface area contributed by atoms with E-state index in [-0.39, 0.29) is 23.1 Å².